The van der Waals surface area contributed by atoms with Gasteiger partial charge in [0, 0.05) is 19.0 Å². The van der Waals surface area contributed by atoms with Crippen LogP contribution in [-0.4, -0.2) is 38.2 Å². The van der Waals surface area contributed by atoms with Crippen LogP contribution in [0.2, 0.25) is 0 Å². The Kier molecular flexibility index (Phi) is 6.10. The van der Waals surface area contributed by atoms with Gasteiger partial charge in [-0.1, -0.05) is 19.9 Å². The number of halogens is 3. The van der Waals surface area contributed by atoms with Gasteiger partial charge in [-0.05, 0) is 17.5 Å². The van der Waals surface area contributed by atoms with Crippen molar-refractivity contribution in [3.8, 4) is 5.75 Å². The number of carbonyl (C=O) groups excluding carboxylic acids is 1. The molecule has 24 heavy (non-hydrogen) atoms. The fraction of sp³-hybridized carbons (Fsp3) is 0.588. The lowest BCUT2D eigenvalue weighted by molar-refractivity contribution is -0.124. The van der Waals surface area contributed by atoms with Gasteiger partial charge in [-0.15, -0.1) is 0 Å². The van der Waals surface area contributed by atoms with E-state index in [4.69, 9.17) is 9.47 Å². The third-order valence-electron chi connectivity index (χ3n) is 3.77. The molecule has 0 aromatic heterocycles. The number of rotatable bonds is 9. The highest BCUT2D eigenvalue weighted by molar-refractivity contribution is 5.82. The predicted octanol–water partition coefficient (Wildman–Crippen LogP) is 3.12. The lowest BCUT2D eigenvalue weighted by Crippen LogP contribution is -2.30. The maximum atomic E-state index is 13.3. The molecule has 0 heterocycles. The average molecular weight is 345 g/mol. The largest absolute Gasteiger partial charge is 0.491 e. The van der Waals surface area contributed by atoms with Gasteiger partial charge in [-0.3, -0.25) is 4.79 Å². The molecule has 1 amide bonds. The molecule has 1 aliphatic rings. The van der Waals surface area contributed by atoms with Crippen molar-refractivity contribution >= 4 is 5.91 Å². The SMILES string of the molecule is CC(C)c1ccc(F)cc1OCCOCCNC(=O)C1CC1(F)F. The highest BCUT2D eigenvalue weighted by Gasteiger charge is 2.61. The zero-order valence-corrected chi connectivity index (χ0v) is 13.8. The Labute approximate surface area is 139 Å². The van der Waals surface area contributed by atoms with Crippen molar-refractivity contribution in [3.05, 3.63) is 29.6 Å². The minimum absolute atomic E-state index is 0.169. The minimum Gasteiger partial charge on any atom is -0.491 e. The fourth-order valence-electron chi connectivity index (χ4n) is 2.29. The van der Waals surface area contributed by atoms with Crippen molar-refractivity contribution in [2.24, 2.45) is 5.92 Å². The van der Waals surface area contributed by atoms with E-state index < -0.39 is 17.7 Å². The summed E-state index contributed by atoms with van der Waals surface area (Å²) in [7, 11) is 0. The molecule has 2 rings (SSSR count). The van der Waals surface area contributed by atoms with Gasteiger partial charge in [-0.2, -0.15) is 0 Å². The zero-order valence-electron chi connectivity index (χ0n) is 13.8. The van der Waals surface area contributed by atoms with Gasteiger partial charge < -0.3 is 14.8 Å². The molecule has 1 fully saturated rings. The van der Waals surface area contributed by atoms with Crippen molar-refractivity contribution in [2.45, 2.75) is 32.1 Å². The van der Waals surface area contributed by atoms with Crippen LogP contribution in [0.1, 0.15) is 31.7 Å². The summed E-state index contributed by atoms with van der Waals surface area (Å²) in [6.07, 6.45) is -0.376. The number of benzene rings is 1. The molecular weight excluding hydrogens is 323 g/mol. The third-order valence-corrected chi connectivity index (χ3v) is 3.77. The Bertz CT molecular complexity index is 578. The van der Waals surface area contributed by atoms with Crippen LogP contribution in [0.3, 0.4) is 0 Å². The topological polar surface area (TPSA) is 47.6 Å². The second-order valence-corrected chi connectivity index (χ2v) is 6.11. The van der Waals surface area contributed by atoms with Crippen LogP contribution < -0.4 is 10.1 Å². The second-order valence-electron chi connectivity index (χ2n) is 6.11. The summed E-state index contributed by atoms with van der Waals surface area (Å²) in [5.41, 5.74) is 0.911. The minimum atomic E-state index is -2.85. The standard InChI is InChI=1S/C17H22F3NO3/c1-11(2)13-4-3-12(18)9-15(13)24-8-7-23-6-5-21-16(22)14-10-17(14,19)20/h3-4,9,11,14H,5-8,10H2,1-2H3,(H,21,22). The van der Waals surface area contributed by atoms with Gasteiger partial charge in [0.2, 0.25) is 5.91 Å². The maximum Gasteiger partial charge on any atom is 0.260 e. The highest BCUT2D eigenvalue weighted by Crippen LogP contribution is 2.48. The van der Waals surface area contributed by atoms with E-state index in [-0.39, 0.29) is 44.5 Å². The molecule has 0 saturated heterocycles. The van der Waals surface area contributed by atoms with E-state index >= 15 is 0 Å². The number of hydrogen-bond acceptors (Lipinski definition) is 3. The van der Waals surface area contributed by atoms with Gasteiger partial charge in [0.25, 0.3) is 5.92 Å². The Morgan fingerprint density at radius 3 is 2.67 bits per heavy atom. The normalized spacial score (nSPS) is 18.5. The average Bonchev–Trinajstić information content (AvgIpc) is 3.14. The maximum absolute atomic E-state index is 13.3. The molecule has 0 aliphatic heterocycles. The van der Waals surface area contributed by atoms with E-state index in [9.17, 15) is 18.0 Å². The molecule has 134 valence electrons. The molecule has 0 spiro atoms. The quantitative estimate of drug-likeness (QED) is 0.700. The fourth-order valence-corrected chi connectivity index (χ4v) is 2.29. The number of carbonyl (C=O) groups is 1. The highest BCUT2D eigenvalue weighted by atomic mass is 19.3. The van der Waals surface area contributed by atoms with Crippen LogP contribution in [0.4, 0.5) is 13.2 Å². The van der Waals surface area contributed by atoms with Crippen LogP contribution in [0.15, 0.2) is 18.2 Å². The van der Waals surface area contributed by atoms with Crippen molar-refractivity contribution in [1.82, 2.24) is 5.32 Å². The Balaban J connectivity index is 1.60. The molecule has 1 atom stereocenters. The summed E-state index contributed by atoms with van der Waals surface area (Å²) in [5.74, 6) is -4.35. The van der Waals surface area contributed by atoms with Crippen molar-refractivity contribution in [2.75, 3.05) is 26.4 Å². The lowest BCUT2D eigenvalue weighted by Gasteiger charge is -2.14. The predicted molar refractivity (Wildman–Crippen MR) is 82.9 cm³/mol. The second kappa shape index (κ2) is 7.88. The number of nitrogens with one attached hydrogen (secondary N) is 1. The first-order chi connectivity index (χ1) is 11.3. The van der Waals surface area contributed by atoms with Gasteiger partial charge in [0.1, 0.15) is 24.1 Å². The first-order valence-electron chi connectivity index (χ1n) is 7.97. The van der Waals surface area contributed by atoms with E-state index in [0.29, 0.717) is 5.75 Å². The van der Waals surface area contributed by atoms with Crippen LogP contribution in [0, 0.1) is 11.7 Å². The summed E-state index contributed by atoms with van der Waals surface area (Å²) in [6.45, 7) is 4.84. The molecule has 1 aliphatic carbocycles. The summed E-state index contributed by atoms with van der Waals surface area (Å²) >= 11 is 0. The molecule has 0 bridgehead atoms. The molecule has 1 aromatic rings. The molecule has 0 radical (unpaired) electrons. The van der Waals surface area contributed by atoms with Gasteiger partial charge in [0.05, 0.1) is 13.2 Å². The van der Waals surface area contributed by atoms with Crippen molar-refractivity contribution in [3.63, 3.8) is 0 Å². The number of amides is 1. The molecule has 1 unspecified atom stereocenters. The van der Waals surface area contributed by atoms with E-state index in [1.165, 1.54) is 12.1 Å². The molecule has 7 heteroatoms. The molecule has 1 aromatic carbocycles. The first-order valence-corrected chi connectivity index (χ1v) is 7.97. The molecule has 1 saturated carbocycles. The van der Waals surface area contributed by atoms with E-state index in [2.05, 4.69) is 5.32 Å². The van der Waals surface area contributed by atoms with Crippen LogP contribution >= 0.6 is 0 Å². The summed E-state index contributed by atoms with van der Waals surface area (Å²) in [6, 6.07) is 4.43. The molecular formula is C17H22F3NO3. The van der Waals surface area contributed by atoms with Gasteiger partial charge >= 0.3 is 0 Å². The van der Waals surface area contributed by atoms with E-state index in [1.54, 1.807) is 6.07 Å². The first kappa shape index (κ1) is 18.6. The monoisotopic (exact) mass is 345 g/mol. The smallest absolute Gasteiger partial charge is 0.260 e. The summed E-state index contributed by atoms with van der Waals surface area (Å²) in [5, 5.41) is 2.41. The van der Waals surface area contributed by atoms with E-state index in [0.717, 1.165) is 5.56 Å². The summed E-state index contributed by atoms with van der Waals surface area (Å²) in [4.78, 5) is 11.3. The number of alkyl halides is 2. The molecule has 1 N–H and O–H groups in total. The molecule has 4 nitrogen and oxygen atoms in total. The number of hydrogen-bond donors (Lipinski definition) is 1. The third kappa shape index (κ3) is 5.12. The van der Waals surface area contributed by atoms with Gasteiger partial charge in [-0.25, -0.2) is 13.2 Å². The van der Waals surface area contributed by atoms with Crippen LogP contribution in [0.25, 0.3) is 0 Å². The van der Waals surface area contributed by atoms with Crippen LogP contribution in [0.5, 0.6) is 5.75 Å². The van der Waals surface area contributed by atoms with E-state index in [1.807, 2.05) is 13.8 Å². The zero-order chi connectivity index (χ0) is 17.7. The lowest BCUT2D eigenvalue weighted by atomic mass is 10.0. The Morgan fingerprint density at radius 1 is 1.33 bits per heavy atom. The summed E-state index contributed by atoms with van der Waals surface area (Å²) < 4.78 is 49.4. The van der Waals surface area contributed by atoms with Gasteiger partial charge in [0.15, 0.2) is 0 Å². The van der Waals surface area contributed by atoms with Crippen molar-refractivity contribution < 1.29 is 27.4 Å². The Hall–Kier alpha value is -1.76. The van der Waals surface area contributed by atoms with Crippen LogP contribution in [-0.2, 0) is 9.53 Å². The Morgan fingerprint density at radius 2 is 2.04 bits per heavy atom. The number of ether oxygens (including phenoxy) is 2. The van der Waals surface area contributed by atoms with Crippen molar-refractivity contribution in [1.29, 1.82) is 0 Å².